The number of nitrogens with zero attached hydrogens (tertiary/aromatic N) is 2. The van der Waals surface area contributed by atoms with E-state index in [1.807, 2.05) is 43.3 Å². The van der Waals surface area contributed by atoms with Crippen molar-refractivity contribution in [2.75, 3.05) is 19.6 Å². The van der Waals surface area contributed by atoms with E-state index in [-0.39, 0.29) is 10.6 Å². The molecule has 1 aliphatic heterocycles. The molecule has 4 rings (SSSR count). The van der Waals surface area contributed by atoms with Crippen LogP contribution in [0.15, 0.2) is 59.5 Å². The van der Waals surface area contributed by atoms with E-state index >= 15 is 0 Å². The largest absolute Gasteiger partial charge is 0.299 e. The van der Waals surface area contributed by atoms with Crippen molar-refractivity contribution in [1.82, 2.24) is 9.62 Å². The van der Waals surface area contributed by atoms with Crippen LogP contribution in [0, 0.1) is 17.0 Å². The van der Waals surface area contributed by atoms with Crippen molar-refractivity contribution in [2.24, 2.45) is 0 Å². The first-order chi connectivity index (χ1) is 15.8. The van der Waals surface area contributed by atoms with Crippen molar-refractivity contribution >= 4 is 26.5 Å². The maximum atomic E-state index is 12.9. The molecule has 3 aromatic carbocycles. The number of sulfonamides is 1. The normalized spacial score (nSPS) is 14.3. The quantitative estimate of drug-likeness (QED) is 0.283. The lowest BCUT2D eigenvalue weighted by molar-refractivity contribution is -0.385. The molecular weight excluding hydrogens is 438 g/mol. The van der Waals surface area contributed by atoms with Gasteiger partial charge in [0.2, 0.25) is 10.0 Å². The Morgan fingerprint density at radius 2 is 1.79 bits per heavy atom. The predicted molar refractivity (Wildman–Crippen MR) is 130 cm³/mol. The number of aryl methyl sites for hydroxylation is 1. The zero-order valence-electron chi connectivity index (χ0n) is 18.8. The number of fused-ring (bicyclic) bond motifs is 2. The summed E-state index contributed by atoms with van der Waals surface area (Å²) >= 11 is 0. The van der Waals surface area contributed by atoms with Gasteiger partial charge in [0.05, 0.1) is 9.82 Å². The lowest BCUT2D eigenvalue weighted by Gasteiger charge is -2.28. The molecule has 1 heterocycles. The number of nitro benzene ring substituents is 1. The fraction of sp³-hybridized carbons (Fsp3) is 0.360. The number of non-ortho nitro benzene ring substituents is 1. The highest BCUT2D eigenvalue weighted by atomic mass is 32.2. The molecule has 1 N–H and O–H groups in total. The van der Waals surface area contributed by atoms with Crippen LogP contribution < -0.4 is 4.72 Å². The van der Waals surface area contributed by atoms with Crippen LogP contribution in [0.1, 0.15) is 36.0 Å². The van der Waals surface area contributed by atoms with Crippen molar-refractivity contribution in [1.29, 1.82) is 0 Å². The summed E-state index contributed by atoms with van der Waals surface area (Å²) in [5.74, 6) is 0. The number of hydrogen-bond donors (Lipinski definition) is 1. The molecule has 0 saturated heterocycles. The average molecular weight is 468 g/mol. The van der Waals surface area contributed by atoms with E-state index < -0.39 is 10.0 Å². The molecular formula is C25H29N3O4S. The van der Waals surface area contributed by atoms with Gasteiger partial charge in [-0.15, -0.1) is 0 Å². The Morgan fingerprint density at radius 3 is 2.58 bits per heavy atom. The lowest BCUT2D eigenvalue weighted by atomic mass is 9.99. The Balaban J connectivity index is 1.25. The summed E-state index contributed by atoms with van der Waals surface area (Å²) < 4.78 is 28.5. The second kappa shape index (κ2) is 9.99. The second-order valence-corrected chi connectivity index (χ2v) is 10.4. The van der Waals surface area contributed by atoms with Crippen molar-refractivity contribution in [3.8, 4) is 0 Å². The van der Waals surface area contributed by atoms with Gasteiger partial charge < -0.3 is 0 Å². The van der Waals surface area contributed by atoms with Crippen LogP contribution in [-0.4, -0.2) is 37.9 Å². The van der Waals surface area contributed by atoms with Gasteiger partial charge in [0, 0.05) is 37.2 Å². The van der Waals surface area contributed by atoms with Crippen LogP contribution in [0.4, 0.5) is 5.69 Å². The van der Waals surface area contributed by atoms with E-state index in [1.54, 1.807) is 18.2 Å². The Bertz CT molecular complexity index is 1270. The number of nitro groups is 1. The minimum Gasteiger partial charge on any atom is -0.299 e. The molecule has 0 atom stereocenters. The van der Waals surface area contributed by atoms with Gasteiger partial charge in [0.15, 0.2) is 0 Å². The fourth-order valence-electron chi connectivity index (χ4n) is 4.48. The summed E-state index contributed by atoms with van der Waals surface area (Å²) in [6, 6.07) is 16.2. The summed E-state index contributed by atoms with van der Waals surface area (Å²) in [4.78, 5) is 13.3. The summed E-state index contributed by atoms with van der Waals surface area (Å²) in [7, 11) is -3.57. The first kappa shape index (κ1) is 23.4. The summed E-state index contributed by atoms with van der Waals surface area (Å²) in [6.07, 6.45) is 3.53. The van der Waals surface area contributed by atoms with Crippen molar-refractivity contribution < 1.29 is 13.3 Å². The highest BCUT2D eigenvalue weighted by Crippen LogP contribution is 2.26. The third kappa shape index (κ3) is 5.40. The topological polar surface area (TPSA) is 92.6 Å². The van der Waals surface area contributed by atoms with E-state index in [2.05, 4.69) is 9.62 Å². The zero-order valence-corrected chi connectivity index (χ0v) is 19.6. The monoisotopic (exact) mass is 467 g/mol. The van der Waals surface area contributed by atoms with Crippen molar-refractivity contribution in [3.63, 3.8) is 0 Å². The molecule has 0 saturated carbocycles. The maximum absolute atomic E-state index is 12.9. The molecule has 7 nitrogen and oxygen atoms in total. The lowest BCUT2D eigenvalue weighted by Crippen LogP contribution is -2.31. The summed E-state index contributed by atoms with van der Waals surface area (Å²) in [5.41, 5.74) is 3.42. The van der Waals surface area contributed by atoms with Crippen LogP contribution in [0.2, 0.25) is 0 Å². The van der Waals surface area contributed by atoms with Gasteiger partial charge in [0.1, 0.15) is 0 Å². The maximum Gasteiger partial charge on any atom is 0.269 e. The Kier molecular flexibility index (Phi) is 7.07. The molecule has 0 amide bonds. The Labute approximate surface area is 194 Å². The Hall–Kier alpha value is -2.81. The first-order valence-electron chi connectivity index (χ1n) is 11.3. The molecule has 0 radical (unpaired) electrons. The van der Waals surface area contributed by atoms with Crippen molar-refractivity contribution in [3.05, 3.63) is 81.4 Å². The van der Waals surface area contributed by atoms with Crippen LogP contribution in [0.3, 0.4) is 0 Å². The molecule has 1 aliphatic rings. The fourth-order valence-corrected chi connectivity index (χ4v) is 5.77. The van der Waals surface area contributed by atoms with Crippen molar-refractivity contribution in [2.45, 2.75) is 44.0 Å². The standard InChI is InChI=1S/C25H29N3O4S/c1-19-9-12-25(24-8-4-3-7-23(19)24)33(31,32)26-14-5-2-6-15-27-16-13-20-10-11-22(28(29)30)17-21(20)18-27/h3-4,7-12,17,26H,2,5-6,13-16,18H2,1H3. The van der Waals surface area contributed by atoms with Gasteiger partial charge in [-0.25, -0.2) is 13.1 Å². The van der Waals surface area contributed by atoms with Crippen LogP contribution in [0.25, 0.3) is 10.8 Å². The number of nitrogens with one attached hydrogen (secondary N) is 1. The molecule has 3 aromatic rings. The molecule has 8 heteroatoms. The smallest absolute Gasteiger partial charge is 0.269 e. The number of benzene rings is 3. The van der Waals surface area contributed by atoms with E-state index in [4.69, 9.17) is 0 Å². The third-order valence-electron chi connectivity index (χ3n) is 6.33. The van der Waals surface area contributed by atoms with E-state index in [9.17, 15) is 18.5 Å². The number of unbranched alkanes of at least 4 members (excludes halogenated alkanes) is 2. The SMILES string of the molecule is Cc1ccc(S(=O)(=O)NCCCCCN2CCc3ccc([N+](=O)[O-])cc3C2)c2ccccc12. The minimum absolute atomic E-state index is 0.143. The number of hydrogen-bond acceptors (Lipinski definition) is 5. The van der Waals surface area contributed by atoms with E-state index in [0.717, 1.165) is 67.2 Å². The molecule has 0 unspecified atom stereocenters. The number of rotatable bonds is 9. The molecule has 174 valence electrons. The molecule has 0 fully saturated rings. The van der Waals surface area contributed by atoms with Crippen LogP contribution >= 0.6 is 0 Å². The predicted octanol–water partition coefficient (Wildman–Crippen LogP) is 4.56. The van der Waals surface area contributed by atoms with Gasteiger partial charge in [-0.3, -0.25) is 15.0 Å². The van der Waals surface area contributed by atoms with Gasteiger partial charge in [-0.05, 0) is 60.9 Å². The van der Waals surface area contributed by atoms with E-state index in [1.165, 1.54) is 5.56 Å². The van der Waals surface area contributed by atoms with Crippen LogP contribution in [0.5, 0.6) is 0 Å². The molecule has 0 aromatic heterocycles. The summed E-state index contributed by atoms with van der Waals surface area (Å²) in [5, 5.41) is 12.7. The molecule has 33 heavy (non-hydrogen) atoms. The zero-order chi connectivity index (χ0) is 23.4. The highest BCUT2D eigenvalue weighted by Gasteiger charge is 2.19. The van der Waals surface area contributed by atoms with Gasteiger partial charge in [0.25, 0.3) is 5.69 Å². The van der Waals surface area contributed by atoms with Gasteiger partial charge in [-0.1, -0.05) is 42.8 Å². The van der Waals surface area contributed by atoms with Crippen LogP contribution in [-0.2, 0) is 23.0 Å². The van der Waals surface area contributed by atoms with Gasteiger partial charge in [-0.2, -0.15) is 0 Å². The van der Waals surface area contributed by atoms with E-state index in [0.29, 0.717) is 11.4 Å². The minimum atomic E-state index is -3.57. The van der Waals surface area contributed by atoms with Gasteiger partial charge >= 0.3 is 0 Å². The highest BCUT2D eigenvalue weighted by molar-refractivity contribution is 7.89. The molecule has 0 aliphatic carbocycles. The summed E-state index contributed by atoms with van der Waals surface area (Å²) in [6.45, 7) is 4.95. The average Bonchev–Trinajstić information content (AvgIpc) is 2.81. The first-order valence-corrected chi connectivity index (χ1v) is 12.8. The Morgan fingerprint density at radius 1 is 1.00 bits per heavy atom. The second-order valence-electron chi connectivity index (χ2n) is 8.62. The molecule has 0 bridgehead atoms. The molecule has 0 spiro atoms. The third-order valence-corrected chi connectivity index (χ3v) is 7.85.